The number of nitrogens with zero attached hydrogens (tertiary/aromatic N) is 3. The van der Waals surface area contributed by atoms with E-state index in [4.69, 9.17) is 9.47 Å². The Balaban J connectivity index is 1.97. The van der Waals surface area contributed by atoms with Crippen molar-refractivity contribution in [2.24, 2.45) is 0 Å². The molecule has 1 aromatic heterocycles. The Labute approximate surface area is 179 Å². The Kier molecular flexibility index (Phi) is 6.96. The number of halogens is 5. The molecular formula is C19H20F5N5O3. The number of nitrogens with one attached hydrogen (secondary N) is 2. The molecule has 1 amide bonds. The van der Waals surface area contributed by atoms with E-state index in [-0.39, 0.29) is 31.3 Å². The van der Waals surface area contributed by atoms with Gasteiger partial charge in [-0.15, -0.1) is 0 Å². The van der Waals surface area contributed by atoms with Gasteiger partial charge in [-0.2, -0.15) is 18.2 Å². The Morgan fingerprint density at radius 3 is 2.75 bits per heavy atom. The van der Waals surface area contributed by atoms with Crippen LogP contribution in [0.4, 0.5) is 39.4 Å². The van der Waals surface area contributed by atoms with Gasteiger partial charge in [0.1, 0.15) is 23.3 Å². The van der Waals surface area contributed by atoms with Gasteiger partial charge >= 0.3 is 6.18 Å². The summed E-state index contributed by atoms with van der Waals surface area (Å²) in [6, 6.07) is 0.897. The number of ether oxygens (including phenoxy) is 2. The topological polar surface area (TPSA) is 88.6 Å². The predicted molar refractivity (Wildman–Crippen MR) is 104 cm³/mol. The van der Waals surface area contributed by atoms with Crippen molar-refractivity contribution in [3.05, 3.63) is 35.0 Å². The summed E-state index contributed by atoms with van der Waals surface area (Å²) in [5, 5.41) is 4.97. The van der Waals surface area contributed by atoms with E-state index in [1.54, 1.807) is 6.92 Å². The molecule has 2 heterocycles. The van der Waals surface area contributed by atoms with Crippen LogP contribution in [0.1, 0.15) is 24.2 Å². The number of methoxy groups -OCH3 is 1. The highest BCUT2D eigenvalue weighted by Gasteiger charge is 2.35. The number of morpholine rings is 1. The van der Waals surface area contributed by atoms with E-state index in [2.05, 4.69) is 20.6 Å². The van der Waals surface area contributed by atoms with Crippen molar-refractivity contribution in [1.82, 2.24) is 14.9 Å². The van der Waals surface area contributed by atoms with Crippen LogP contribution < -0.4 is 15.4 Å². The minimum Gasteiger partial charge on any atom is -0.492 e. The van der Waals surface area contributed by atoms with Crippen LogP contribution in [0.5, 0.6) is 5.75 Å². The summed E-state index contributed by atoms with van der Waals surface area (Å²) in [5.41, 5.74) is -1.75. The van der Waals surface area contributed by atoms with Crippen LogP contribution in [-0.4, -0.2) is 54.6 Å². The number of carbonyl (C=O) groups excluding carboxylic acids is 1. The Morgan fingerprint density at radius 1 is 1.38 bits per heavy atom. The molecule has 0 spiro atoms. The van der Waals surface area contributed by atoms with Crippen LogP contribution in [0.2, 0.25) is 0 Å². The Morgan fingerprint density at radius 2 is 2.12 bits per heavy atom. The van der Waals surface area contributed by atoms with Crippen LogP contribution in [0.3, 0.4) is 0 Å². The quantitative estimate of drug-likeness (QED) is 0.482. The minimum atomic E-state index is -4.69. The number of carbonyl (C=O) groups is 1. The summed E-state index contributed by atoms with van der Waals surface area (Å²) in [6.45, 7) is 2.07. The van der Waals surface area contributed by atoms with Crippen LogP contribution in [0, 0.1) is 11.6 Å². The molecule has 1 aliphatic heterocycles. The van der Waals surface area contributed by atoms with E-state index in [1.165, 1.54) is 4.90 Å². The first-order valence-electron chi connectivity index (χ1n) is 9.51. The predicted octanol–water partition coefficient (Wildman–Crippen LogP) is 3.49. The molecule has 0 saturated carbocycles. The third kappa shape index (κ3) is 4.82. The van der Waals surface area contributed by atoms with E-state index in [1.807, 2.05) is 0 Å². The lowest BCUT2D eigenvalue weighted by Crippen LogP contribution is -2.38. The molecule has 1 unspecified atom stereocenters. The standard InChI is InChI=1S/C19H20F5N5O3/c1-3-25-17-10(19(22,23)24)7-26-18(28-17)27-12-6-11(20)14(15(21)16(12)31-2)13-8-29(9-30)4-5-32-13/h6-7,9,13H,3-5,8H2,1-2H3,(H2,25,26,27,28). The molecule has 0 aliphatic carbocycles. The molecule has 1 aromatic carbocycles. The summed E-state index contributed by atoms with van der Waals surface area (Å²) in [5.74, 6) is -3.31. The van der Waals surface area contributed by atoms with Gasteiger partial charge in [0.2, 0.25) is 12.4 Å². The number of alkyl halides is 3. The molecule has 1 aliphatic rings. The monoisotopic (exact) mass is 461 g/mol. The van der Waals surface area contributed by atoms with Gasteiger partial charge in [0, 0.05) is 25.4 Å². The molecule has 32 heavy (non-hydrogen) atoms. The number of aromatic nitrogens is 2. The molecule has 2 aromatic rings. The van der Waals surface area contributed by atoms with Gasteiger partial charge in [0.15, 0.2) is 11.6 Å². The second-order valence-electron chi connectivity index (χ2n) is 6.74. The van der Waals surface area contributed by atoms with Gasteiger partial charge in [0.05, 0.1) is 31.5 Å². The maximum absolute atomic E-state index is 15.1. The van der Waals surface area contributed by atoms with Gasteiger partial charge < -0.3 is 25.0 Å². The zero-order valence-corrected chi connectivity index (χ0v) is 17.1. The first-order valence-corrected chi connectivity index (χ1v) is 9.51. The molecule has 1 fully saturated rings. The maximum atomic E-state index is 15.1. The maximum Gasteiger partial charge on any atom is 0.421 e. The Hall–Kier alpha value is -3.22. The molecule has 2 N–H and O–H groups in total. The van der Waals surface area contributed by atoms with E-state index < -0.39 is 46.6 Å². The first-order chi connectivity index (χ1) is 15.2. The molecule has 3 rings (SSSR count). The number of rotatable bonds is 7. The lowest BCUT2D eigenvalue weighted by molar-refractivity contribution is -0.137. The average Bonchev–Trinajstić information content (AvgIpc) is 2.73. The molecule has 1 saturated heterocycles. The summed E-state index contributed by atoms with van der Waals surface area (Å²) in [6.07, 6.45) is -4.63. The van der Waals surface area contributed by atoms with Gasteiger partial charge in [-0.3, -0.25) is 4.79 Å². The van der Waals surface area contributed by atoms with Gasteiger partial charge in [-0.05, 0) is 6.92 Å². The smallest absolute Gasteiger partial charge is 0.421 e. The Bertz CT molecular complexity index is 989. The van der Waals surface area contributed by atoms with Crippen molar-refractivity contribution in [3.8, 4) is 5.75 Å². The molecular weight excluding hydrogens is 441 g/mol. The highest BCUT2D eigenvalue weighted by molar-refractivity contribution is 5.65. The highest BCUT2D eigenvalue weighted by Crippen LogP contribution is 2.39. The summed E-state index contributed by atoms with van der Waals surface area (Å²) >= 11 is 0. The number of anilines is 3. The fourth-order valence-electron chi connectivity index (χ4n) is 3.21. The van der Waals surface area contributed by atoms with Crippen LogP contribution >= 0.6 is 0 Å². The second-order valence-corrected chi connectivity index (χ2v) is 6.74. The molecule has 8 nitrogen and oxygen atoms in total. The van der Waals surface area contributed by atoms with Gasteiger partial charge in [-0.25, -0.2) is 13.8 Å². The lowest BCUT2D eigenvalue weighted by atomic mass is 10.0. The number of benzene rings is 1. The van der Waals surface area contributed by atoms with Crippen molar-refractivity contribution in [3.63, 3.8) is 0 Å². The van der Waals surface area contributed by atoms with Crippen molar-refractivity contribution in [2.75, 3.05) is 44.0 Å². The van der Waals surface area contributed by atoms with Crippen molar-refractivity contribution < 1.29 is 36.2 Å². The fraction of sp³-hybridized carbons (Fsp3) is 0.421. The zero-order valence-electron chi connectivity index (χ0n) is 17.1. The van der Waals surface area contributed by atoms with Crippen LogP contribution in [0.25, 0.3) is 0 Å². The van der Waals surface area contributed by atoms with Crippen molar-refractivity contribution in [1.29, 1.82) is 0 Å². The van der Waals surface area contributed by atoms with Crippen LogP contribution in [-0.2, 0) is 15.7 Å². The number of amides is 1. The summed E-state index contributed by atoms with van der Waals surface area (Å²) < 4.78 is 79.8. The normalized spacial score (nSPS) is 16.6. The van der Waals surface area contributed by atoms with Crippen molar-refractivity contribution >= 4 is 23.9 Å². The number of hydrogen-bond acceptors (Lipinski definition) is 7. The molecule has 13 heteroatoms. The minimum absolute atomic E-state index is 0.0542. The second kappa shape index (κ2) is 9.51. The molecule has 0 bridgehead atoms. The summed E-state index contributed by atoms with van der Waals surface area (Å²) in [4.78, 5) is 19.7. The highest BCUT2D eigenvalue weighted by atomic mass is 19.4. The van der Waals surface area contributed by atoms with E-state index in [0.29, 0.717) is 19.2 Å². The van der Waals surface area contributed by atoms with Gasteiger partial charge in [0.25, 0.3) is 0 Å². The zero-order chi connectivity index (χ0) is 23.5. The van der Waals surface area contributed by atoms with E-state index in [0.717, 1.165) is 13.2 Å². The SMILES string of the molecule is CCNc1nc(Nc2cc(F)c(C3CN(C=O)CCO3)c(F)c2OC)ncc1C(F)(F)F. The van der Waals surface area contributed by atoms with Gasteiger partial charge in [-0.1, -0.05) is 0 Å². The van der Waals surface area contributed by atoms with Crippen molar-refractivity contribution in [2.45, 2.75) is 19.2 Å². The third-order valence-corrected chi connectivity index (χ3v) is 4.67. The first kappa shape index (κ1) is 23.4. The summed E-state index contributed by atoms with van der Waals surface area (Å²) in [7, 11) is 1.14. The fourth-order valence-corrected chi connectivity index (χ4v) is 3.21. The van der Waals surface area contributed by atoms with Crippen LogP contribution in [0.15, 0.2) is 12.3 Å². The van der Waals surface area contributed by atoms with E-state index >= 15 is 4.39 Å². The largest absolute Gasteiger partial charge is 0.492 e. The third-order valence-electron chi connectivity index (χ3n) is 4.67. The molecule has 0 radical (unpaired) electrons. The molecule has 1 atom stereocenters. The number of hydrogen-bond donors (Lipinski definition) is 2. The van der Waals surface area contributed by atoms with E-state index in [9.17, 15) is 22.4 Å². The average molecular weight is 461 g/mol. The molecule has 174 valence electrons. The lowest BCUT2D eigenvalue weighted by Gasteiger charge is -2.31.